The third-order valence-electron chi connectivity index (χ3n) is 9.64. The number of benzene rings is 3. The second-order valence-corrected chi connectivity index (χ2v) is 11.7. The monoisotopic (exact) mass is 504 g/mol. The van der Waals surface area contributed by atoms with Crippen molar-refractivity contribution in [3.63, 3.8) is 0 Å². The molecule has 38 heavy (non-hydrogen) atoms. The number of hydrogen-bond acceptors (Lipinski definition) is 1. The van der Waals surface area contributed by atoms with Crippen LogP contribution in [-0.2, 0) is 7.05 Å². The molecule has 192 valence electrons. The molecule has 2 saturated carbocycles. The van der Waals surface area contributed by atoms with Crippen molar-refractivity contribution in [1.29, 1.82) is 0 Å². The fourth-order valence-corrected chi connectivity index (χ4v) is 7.74. The molecule has 1 atom stereocenters. The van der Waals surface area contributed by atoms with E-state index in [1.54, 1.807) is 6.07 Å². The zero-order valence-corrected chi connectivity index (χ0v) is 22.4. The average Bonchev–Trinajstić information content (AvgIpc) is 3.51. The van der Waals surface area contributed by atoms with E-state index < -0.39 is 0 Å². The van der Waals surface area contributed by atoms with Crippen LogP contribution in [0.3, 0.4) is 0 Å². The fraction of sp³-hybridized carbons (Fsp3) is 0.343. The van der Waals surface area contributed by atoms with Gasteiger partial charge in [0.25, 0.3) is 0 Å². The largest absolute Gasteiger partial charge is 0.454 e. The molecule has 2 aliphatic rings. The van der Waals surface area contributed by atoms with Gasteiger partial charge in [-0.2, -0.15) is 0 Å². The van der Waals surface area contributed by atoms with Crippen molar-refractivity contribution in [2.24, 2.45) is 12.5 Å². The number of halogens is 1. The molecule has 3 heteroatoms. The summed E-state index contributed by atoms with van der Waals surface area (Å²) >= 11 is 0. The topological polar surface area (TPSA) is 17.0 Å². The van der Waals surface area contributed by atoms with Gasteiger partial charge >= 0.3 is 0 Å². The molecule has 2 heterocycles. The average molecular weight is 505 g/mol. The number of aromatic nitrogens is 1. The van der Waals surface area contributed by atoms with Crippen LogP contribution in [0.2, 0.25) is 0 Å². The Balaban J connectivity index is 1.36. The van der Waals surface area contributed by atoms with Crippen LogP contribution >= 0.6 is 0 Å². The first kappa shape index (κ1) is 23.6. The zero-order chi connectivity index (χ0) is 25.9. The maximum atomic E-state index is 15.5. The van der Waals surface area contributed by atoms with E-state index in [-0.39, 0.29) is 5.82 Å². The van der Waals surface area contributed by atoms with E-state index in [0.29, 0.717) is 22.5 Å². The Kier molecular flexibility index (Phi) is 5.65. The highest BCUT2D eigenvalue weighted by Crippen LogP contribution is 2.57. The summed E-state index contributed by atoms with van der Waals surface area (Å²) in [6.45, 7) is 2.11. The maximum Gasteiger partial charge on any atom is 0.216 e. The normalized spacial score (nSPS) is 19.1. The number of rotatable bonds is 3. The van der Waals surface area contributed by atoms with Gasteiger partial charge in [0, 0.05) is 22.9 Å². The number of aryl methyl sites for hydroxylation is 2. The van der Waals surface area contributed by atoms with Crippen LogP contribution < -0.4 is 4.57 Å². The van der Waals surface area contributed by atoms with E-state index in [0.717, 1.165) is 38.7 Å². The van der Waals surface area contributed by atoms with Gasteiger partial charge < -0.3 is 4.42 Å². The van der Waals surface area contributed by atoms with Crippen molar-refractivity contribution < 1.29 is 13.4 Å². The number of fused-ring (bicyclic) bond motifs is 3. The highest BCUT2D eigenvalue weighted by atomic mass is 19.1. The smallest absolute Gasteiger partial charge is 0.216 e. The van der Waals surface area contributed by atoms with Gasteiger partial charge in [-0.25, -0.2) is 8.96 Å². The molecule has 0 radical (unpaired) electrons. The van der Waals surface area contributed by atoms with E-state index in [9.17, 15) is 0 Å². The Morgan fingerprint density at radius 2 is 1.50 bits per heavy atom. The number of nitrogens with zero attached hydrogens (tertiary/aromatic N) is 1. The molecule has 5 aromatic rings. The predicted octanol–water partition coefficient (Wildman–Crippen LogP) is 9.41. The molecule has 0 amide bonds. The zero-order valence-electron chi connectivity index (χ0n) is 22.4. The summed E-state index contributed by atoms with van der Waals surface area (Å²) < 4.78 is 24.2. The first-order chi connectivity index (χ1) is 18.6. The Labute approximate surface area is 224 Å². The summed E-state index contributed by atoms with van der Waals surface area (Å²) in [5.41, 5.74) is 8.08. The van der Waals surface area contributed by atoms with Gasteiger partial charge in [0.2, 0.25) is 5.69 Å². The van der Waals surface area contributed by atoms with Crippen LogP contribution in [-0.4, -0.2) is 0 Å². The van der Waals surface area contributed by atoms with E-state index in [4.69, 9.17) is 4.42 Å². The van der Waals surface area contributed by atoms with Crippen molar-refractivity contribution in [2.45, 2.75) is 64.2 Å². The minimum absolute atomic E-state index is 0.238. The lowest BCUT2D eigenvalue weighted by atomic mass is 9.65. The van der Waals surface area contributed by atoms with E-state index >= 15 is 4.39 Å². The van der Waals surface area contributed by atoms with Crippen LogP contribution in [0, 0.1) is 18.2 Å². The first-order valence-electron chi connectivity index (χ1n) is 14.3. The Morgan fingerprint density at radius 3 is 2.26 bits per heavy atom. The molecule has 2 nitrogen and oxygen atoms in total. The quantitative estimate of drug-likeness (QED) is 0.224. The first-order valence-corrected chi connectivity index (χ1v) is 14.3. The van der Waals surface area contributed by atoms with Crippen molar-refractivity contribution in [3.8, 4) is 22.4 Å². The summed E-state index contributed by atoms with van der Waals surface area (Å²) in [4.78, 5) is 0. The lowest BCUT2D eigenvalue weighted by Crippen LogP contribution is -2.30. The molecule has 2 fully saturated rings. The molecule has 2 aromatic heterocycles. The number of hydrogen-bond donors (Lipinski definition) is 0. The summed E-state index contributed by atoms with van der Waals surface area (Å²) in [6.07, 6.45) is 12.9. The molecule has 1 unspecified atom stereocenters. The Bertz CT molecular complexity index is 1660. The second kappa shape index (κ2) is 9.08. The standard InChI is InChI=1S/C35H35FNO/c1-23-11-16-26-27-17-18-29(36)32(34(27)38-33(26)31(23)30-10-4-7-22-37(30)2)25-14-12-24(13-15-25)28-9-8-21-35(28)19-5-3-6-20-35/h4,7,10-18,22,28H,3,5-6,8-9,19-21H2,1-2H3/q+1. The van der Waals surface area contributed by atoms with Crippen LogP contribution in [0.4, 0.5) is 4.39 Å². The van der Waals surface area contributed by atoms with Crippen molar-refractivity contribution in [3.05, 3.63) is 89.9 Å². The Morgan fingerprint density at radius 1 is 0.789 bits per heavy atom. The molecule has 0 bridgehead atoms. The fourth-order valence-electron chi connectivity index (χ4n) is 7.74. The Hall–Kier alpha value is -3.46. The third-order valence-corrected chi connectivity index (χ3v) is 9.64. The van der Waals surface area contributed by atoms with E-state index in [1.807, 2.05) is 31.4 Å². The van der Waals surface area contributed by atoms with Crippen LogP contribution in [0.5, 0.6) is 0 Å². The van der Waals surface area contributed by atoms with Crippen LogP contribution in [0.15, 0.2) is 77.3 Å². The summed E-state index contributed by atoms with van der Waals surface area (Å²) in [7, 11) is 2.05. The highest BCUT2D eigenvalue weighted by molar-refractivity contribution is 6.13. The van der Waals surface area contributed by atoms with Gasteiger partial charge in [0.15, 0.2) is 6.20 Å². The molecular formula is C35H35FNO+. The SMILES string of the molecule is Cc1ccc2c(oc3c(-c4ccc(C5CCCC56CCCCC6)cc4)c(F)ccc32)c1-c1cccc[n+]1C. The second-order valence-electron chi connectivity index (χ2n) is 11.7. The third kappa shape index (κ3) is 3.62. The van der Waals surface area contributed by atoms with Gasteiger partial charge in [0.1, 0.15) is 24.0 Å². The molecule has 2 aliphatic carbocycles. The van der Waals surface area contributed by atoms with E-state index in [1.165, 1.54) is 56.9 Å². The van der Waals surface area contributed by atoms with Crippen molar-refractivity contribution in [2.75, 3.05) is 0 Å². The highest BCUT2D eigenvalue weighted by Gasteiger charge is 2.43. The molecule has 1 spiro atoms. The predicted molar refractivity (Wildman–Crippen MR) is 153 cm³/mol. The molecular weight excluding hydrogens is 469 g/mol. The van der Waals surface area contributed by atoms with E-state index in [2.05, 4.69) is 54.0 Å². The summed E-state index contributed by atoms with van der Waals surface area (Å²) in [5, 5.41) is 1.98. The molecule has 0 saturated heterocycles. The molecule has 7 rings (SSSR count). The lowest BCUT2D eigenvalue weighted by molar-refractivity contribution is -0.660. The van der Waals surface area contributed by atoms with Crippen LogP contribution in [0.1, 0.15) is 68.4 Å². The van der Waals surface area contributed by atoms with Gasteiger partial charge in [-0.3, -0.25) is 0 Å². The molecule has 0 aliphatic heterocycles. The molecule has 3 aromatic carbocycles. The van der Waals surface area contributed by atoms with Gasteiger partial charge in [-0.15, -0.1) is 0 Å². The van der Waals surface area contributed by atoms with Gasteiger partial charge in [0.05, 0.1) is 11.1 Å². The lowest BCUT2D eigenvalue weighted by Gasteiger charge is -2.39. The number of pyridine rings is 1. The minimum atomic E-state index is -0.238. The van der Waals surface area contributed by atoms with Crippen molar-refractivity contribution >= 4 is 21.9 Å². The van der Waals surface area contributed by atoms with Crippen molar-refractivity contribution in [1.82, 2.24) is 0 Å². The van der Waals surface area contributed by atoms with Crippen LogP contribution in [0.25, 0.3) is 44.3 Å². The van der Waals surface area contributed by atoms with Gasteiger partial charge in [-0.05, 0) is 78.8 Å². The molecule has 0 N–H and O–H groups in total. The minimum Gasteiger partial charge on any atom is -0.454 e. The summed E-state index contributed by atoms with van der Waals surface area (Å²) in [6, 6.07) is 22.7. The van der Waals surface area contributed by atoms with Gasteiger partial charge in [-0.1, -0.05) is 62.1 Å². The maximum absolute atomic E-state index is 15.5. The number of furan rings is 1. The summed E-state index contributed by atoms with van der Waals surface area (Å²) in [5.74, 6) is 0.401.